The van der Waals surface area contributed by atoms with Crippen LogP contribution in [0.4, 0.5) is 0 Å². The Hall–Kier alpha value is -0.0831. The molecular formula is C14H28OSi. The van der Waals surface area contributed by atoms with E-state index in [0.717, 1.165) is 6.61 Å². The molecule has 1 rings (SSSR count). The molecule has 0 aromatic heterocycles. The zero-order valence-corrected chi connectivity index (χ0v) is 12.9. The van der Waals surface area contributed by atoms with Gasteiger partial charge >= 0.3 is 0 Å². The lowest BCUT2D eigenvalue weighted by Crippen LogP contribution is -2.41. The quantitative estimate of drug-likeness (QED) is 0.503. The van der Waals surface area contributed by atoms with Gasteiger partial charge in [0.2, 0.25) is 0 Å². The molecule has 0 aliphatic heterocycles. The van der Waals surface area contributed by atoms with Crippen LogP contribution >= 0.6 is 0 Å². The molecule has 0 saturated heterocycles. The normalized spacial score (nSPS) is 19.1. The van der Waals surface area contributed by atoms with Crippen molar-refractivity contribution in [1.29, 1.82) is 0 Å². The highest BCUT2D eigenvalue weighted by molar-refractivity contribution is 6.74. The minimum atomic E-state index is -1.55. The van der Waals surface area contributed by atoms with Crippen molar-refractivity contribution < 1.29 is 4.43 Å². The van der Waals surface area contributed by atoms with Crippen LogP contribution in [0.3, 0.4) is 0 Å². The topological polar surface area (TPSA) is 9.23 Å². The monoisotopic (exact) mass is 240 g/mol. The molecule has 0 aromatic carbocycles. The zero-order valence-electron chi connectivity index (χ0n) is 11.9. The molecule has 0 N–H and O–H groups in total. The molecule has 0 bridgehead atoms. The molecule has 0 saturated carbocycles. The molecule has 0 aromatic rings. The molecule has 16 heavy (non-hydrogen) atoms. The average molecular weight is 240 g/mol. The lowest BCUT2D eigenvalue weighted by molar-refractivity contribution is 0.310. The molecular weight excluding hydrogens is 212 g/mol. The molecule has 0 atom stereocenters. The summed E-state index contributed by atoms with van der Waals surface area (Å²) in [4.78, 5) is 0. The van der Waals surface area contributed by atoms with E-state index in [1.165, 1.54) is 25.7 Å². The van der Waals surface area contributed by atoms with Gasteiger partial charge in [0.25, 0.3) is 0 Å². The first-order chi connectivity index (χ1) is 7.24. The van der Waals surface area contributed by atoms with E-state index in [9.17, 15) is 0 Å². The fourth-order valence-corrected chi connectivity index (χ4v) is 2.77. The Bertz CT molecular complexity index is 271. The standard InChI is InChI=1S/C14H28OSi/c1-12-9-7-8-10-13(12)11-15-16(5,6)14(2,3)4/h7-11H2,1-6H3. The van der Waals surface area contributed by atoms with E-state index in [4.69, 9.17) is 4.43 Å². The van der Waals surface area contributed by atoms with Crippen LogP contribution in [0.15, 0.2) is 11.1 Å². The average Bonchev–Trinajstić information content (AvgIpc) is 2.15. The maximum absolute atomic E-state index is 6.28. The fourth-order valence-electron chi connectivity index (χ4n) is 1.80. The Morgan fingerprint density at radius 3 is 2.19 bits per heavy atom. The van der Waals surface area contributed by atoms with Gasteiger partial charge in [0.05, 0.1) is 6.61 Å². The van der Waals surface area contributed by atoms with Crippen LogP contribution < -0.4 is 0 Å². The fraction of sp³-hybridized carbons (Fsp3) is 0.857. The number of hydrogen-bond acceptors (Lipinski definition) is 1. The second-order valence-electron chi connectivity index (χ2n) is 6.64. The van der Waals surface area contributed by atoms with Crippen molar-refractivity contribution in [3.05, 3.63) is 11.1 Å². The van der Waals surface area contributed by atoms with Gasteiger partial charge in [-0.3, -0.25) is 0 Å². The van der Waals surface area contributed by atoms with E-state index in [0.29, 0.717) is 5.04 Å². The second kappa shape index (κ2) is 5.05. The Labute approximate surface area is 102 Å². The van der Waals surface area contributed by atoms with Crippen LogP contribution in [0, 0.1) is 0 Å². The third-order valence-corrected chi connectivity index (χ3v) is 8.78. The summed E-state index contributed by atoms with van der Waals surface area (Å²) in [6.07, 6.45) is 5.28. The van der Waals surface area contributed by atoms with Gasteiger partial charge in [-0.2, -0.15) is 0 Å². The lowest BCUT2D eigenvalue weighted by atomic mass is 9.93. The van der Waals surface area contributed by atoms with E-state index < -0.39 is 8.32 Å². The summed E-state index contributed by atoms with van der Waals surface area (Å²) in [5.41, 5.74) is 3.17. The second-order valence-corrected chi connectivity index (χ2v) is 11.4. The van der Waals surface area contributed by atoms with Crippen LogP contribution in [0.25, 0.3) is 0 Å². The van der Waals surface area contributed by atoms with Crippen LogP contribution in [-0.2, 0) is 4.43 Å². The third-order valence-electron chi connectivity index (χ3n) is 4.30. The van der Waals surface area contributed by atoms with E-state index in [-0.39, 0.29) is 0 Å². The van der Waals surface area contributed by atoms with Crippen molar-refractivity contribution in [2.75, 3.05) is 6.61 Å². The Morgan fingerprint density at radius 1 is 1.12 bits per heavy atom. The molecule has 0 radical (unpaired) electrons. The first-order valence-electron chi connectivity index (χ1n) is 6.55. The summed E-state index contributed by atoms with van der Waals surface area (Å²) >= 11 is 0. The highest BCUT2D eigenvalue weighted by Gasteiger charge is 2.37. The highest BCUT2D eigenvalue weighted by atomic mass is 28.4. The summed E-state index contributed by atoms with van der Waals surface area (Å²) < 4.78 is 6.28. The minimum absolute atomic E-state index is 0.329. The number of allylic oxidation sites excluding steroid dienone is 1. The highest BCUT2D eigenvalue weighted by Crippen LogP contribution is 2.37. The van der Waals surface area contributed by atoms with Gasteiger partial charge in [0.1, 0.15) is 0 Å². The van der Waals surface area contributed by atoms with Crippen LogP contribution in [0.5, 0.6) is 0 Å². The predicted octanol–water partition coefficient (Wildman–Crippen LogP) is 4.90. The van der Waals surface area contributed by atoms with Crippen molar-refractivity contribution >= 4 is 8.32 Å². The first kappa shape index (κ1) is 14.0. The predicted molar refractivity (Wildman–Crippen MR) is 74.3 cm³/mol. The van der Waals surface area contributed by atoms with E-state index in [1.54, 1.807) is 11.1 Å². The summed E-state index contributed by atoms with van der Waals surface area (Å²) in [6, 6.07) is 0. The Kier molecular flexibility index (Phi) is 4.41. The molecule has 0 amide bonds. The SMILES string of the molecule is CC1=C(CO[Si](C)(C)C(C)(C)C)CCCC1. The molecule has 1 nitrogen and oxygen atoms in total. The van der Waals surface area contributed by atoms with Crippen LogP contribution in [0.1, 0.15) is 53.4 Å². The first-order valence-corrected chi connectivity index (χ1v) is 9.46. The molecule has 0 unspecified atom stereocenters. The summed E-state index contributed by atoms with van der Waals surface area (Å²) in [5, 5.41) is 0.329. The van der Waals surface area contributed by atoms with Gasteiger partial charge in [0.15, 0.2) is 8.32 Å². The molecule has 1 aliphatic rings. The van der Waals surface area contributed by atoms with Gasteiger partial charge in [-0.15, -0.1) is 0 Å². The van der Waals surface area contributed by atoms with Crippen molar-refractivity contribution in [3.8, 4) is 0 Å². The Balaban J connectivity index is 2.57. The summed E-state index contributed by atoms with van der Waals surface area (Å²) in [6.45, 7) is 14.8. The maximum atomic E-state index is 6.28. The van der Waals surface area contributed by atoms with Gasteiger partial charge in [-0.1, -0.05) is 26.3 Å². The number of rotatable bonds is 3. The number of hydrogen-bond donors (Lipinski definition) is 0. The zero-order chi connectivity index (χ0) is 12.4. The van der Waals surface area contributed by atoms with Crippen LogP contribution in [0.2, 0.25) is 18.1 Å². The molecule has 1 aliphatic carbocycles. The molecule has 0 spiro atoms. The molecule has 94 valence electrons. The van der Waals surface area contributed by atoms with E-state index in [1.807, 2.05) is 0 Å². The lowest BCUT2D eigenvalue weighted by Gasteiger charge is -2.37. The molecule has 0 heterocycles. The summed E-state index contributed by atoms with van der Waals surface area (Å²) in [5.74, 6) is 0. The van der Waals surface area contributed by atoms with E-state index >= 15 is 0 Å². The van der Waals surface area contributed by atoms with Gasteiger partial charge in [0, 0.05) is 0 Å². The van der Waals surface area contributed by atoms with E-state index in [2.05, 4.69) is 40.8 Å². The largest absolute Gasteiger partial charge is 0.413 e. The van der Waals surface area contributed by atoms with Crippen molar-refractivity contribution in [3.63, 3.8) is 0 Å². The van der Waals surface area contributed by atoms with Gasteiger partial charge in [-0.25, -0.2) is 0 Å². The van der Waals surface area contributed by atoms with Crippen LogP contribution in [-0.4, -0.2) is 14.9 Å². The maximum Gasteiger partial charge on any atom is 0.192 e. The van der Waals surface area contributed by atoms with Crippen molar-refractivity contribution in [2.24, 2.45) is 0 Å². The van der Waals surface area contributed by atoms with Crippen molar-refractivity contribution in [2.45, 2.75) is 71.5 Å². The minimum Gasteiger partial charge on any atom is -0.413 e. The Morgan fingerprint density at radius 2 is 1.69 bits per heavy atom. The van der Waals surface area contributed by atoms with Gasteiger partial charge in [-0.05, 0) is 56.3 Å². The smallest absolute Gasteiger partial charge is 0.192 e. The van der Waals surface area contributed by atoms with Crippen molar-refractivity contribution in [1.82, 2.24) is 0 Å². The molecule has 0 fully saturated rings. The summed E-state index contributed by atoms with van der Waals surface area (Å²) in [7, 11) is -1.55. The third kappa shape index (κ3) is 3.46. The molecule has 2 heteroatoms. The van der Waals surface area contributed by atoms with Gasteiger partial charge < -0.3 is 4.43 Å².